The molecule has 1 unspecified atom stereocenters. The van der Waals surface area contributed by atoms with E-state index in [-0.39, 0.29) is 24.5 Å². The fourth-order valence-electron chi connectivity index (χ4n) is 4.37. The van der Waals surface area contributed by atoms with Crippen LogP contribution in [0.4, 0.5) is 0 Å². The Morgan fingerprint density at radius 1 is 1.14 bits per heavy atom. The average molecular weight is 482 g/mol. The van der Waals surface area contributed by atoms with Crippen LogP contribution in [-0.2, 0) is 20.7 Å². The number of amides is 1. The number of aliphatic hydroxyl groups excluding tert-OH is 1. The Morgan fingerprint density at radius 3 is 2.66 bits per heavy atom. The van der Waals surface area contributed by atoms with Gasteiger partial charge in [-0.1, -0.05) is 19.9 Å². The zero-order chi connectivity index (χ0) is 25.1. The van der Waals surface area contributed by atoms with Crippen LogP contribution in [-0.4, -0.2) is 62.3 Å². The third kappa shape index (κ3) is 4.84. The van der Waals surface area contributed by atoms with Crippen LogP contribution in [0.3, 0.4) is 0 Å². The van der Waals surface area contributed by atoms with E-state index >= 15 is 0 Å². The molecule has 0 spiro atoms. The summed E-state index contributed by atoms with van der Waals surface area (Å²) in [5.41, 5.74) is 2.08. The maximum atomic E-state index is 13.2. The SMILES string of the molecule is COCCN1C(=O)C(=O)/C(=C(/O)c2ccc3c(c2)CCO3)C1c1ccc(OC)c(OCC(C)C)c1. The summed E-state index contributed by atoms with van der Waals surface area (Å²) in [6, 6.07) is 9.77. The number of aliphatic hydroxyl groups is 1. The molecule has 0 radical (unpaired) electrons. The third-order valence-corrected chi connectivity index (χ3v) is 6.11. The van der Waals surface area contributed by atoms with Gasteiger partial charge in [0, 0.05) is 25.6 Å². The Hall–Kier alpha value is -3.52. The normalized spacial score (nSPS) is 18.7. The number of nitrogens with zero attached hydrogens (tertiary/aromatic N) is 1. The third-order valence-electron chi connectivity index (χ3n) is 6.11. The van der Waals surface area contributed by atoms with Crippen molar-refractivity contribution in [1.29, 1.82) is 0 Å². The van der Waals surface area contributed by atoms with Crippen LogP contribution in [0.2, 0.25) is 0 Å². The molecule has 0 saturated carbocycles. The first-order valence-corrected chi connectivity index (χ1v) is 11.7. The lowest BCUT2D eigenvalue weighted by molar-refractivity contribution is -0.140. The minimum atomic E-state index is -0.804. The number of fused-ring (bicyclic) bond motifs is 1. The summed E-state index contributed by atoms with van der Waals surface area (Å²) in [7, 11) is 3.09. The molecule has 8 heteroatoms. The molecule has 4 rings (SSSR count). The highest BCUT2D eigenvalue weighted by atomic mass is 16.5. The minimum Gasteiger partial charge on any atom is -0.507 e. The van der Waals surface area contributed by atoms with E-state index in [1.165, 1.54) is 12.0 Å². The van der Waals surface area contributed by atoms with Crippen LogP contribution in [0.1, 0.15) is 36.6 Å². The Kier molecular flexibility index (Phi) is 7.31. The minimum absolute atomic E-state index is 0.0324. The number of hydrogen-bond donors (Lipinski definition) is 1. The zero-order valence-corrected chi connectivity index (χ0v) is 20.5. The molecule has 2 aliphatic rings. The molecule has 1 N–H and O–H groups in total. The van der Waals surface area contributed by atoms with Crippen molar-refractivity contribution in [3.05, 3.63) is 58.7 Å². The highest BCUT2D eigenvalue weighted by Crippen LogP contribution is 2.42. The number of ketones is 1. The van der Waals surface area contributed by atoms with Crippen LogP contribution in [0.15, 0.2) is 42.0 Å². The Morgan fingerprint density at radius 2 is 1.94 bits per heavy atom. The van der Waals surface area contributed by atoms with E-state index in [0.29, 0.717) is 41.8 Å². The van der Waals surface area contributed by atoms with Gasteiger partial charge in [-0.15, -0.1) is 0 Å². The van der Waals surface area contributed by atoms with Crippen molar-refractivity contribution in [3.63, 3.8) is 0 Å². The van der Waals surface area contributed by atoms with E-state index in [0.717, 1.165) is 17.7 Å². The van der Waals surface area contributed by atoms with Gasteiger partial charge in [-0.2, -0.15) is 0 Å². The molecule has 1 saturated heterocycles. The molecule has 1 amide bonds. The van der Waals surface area contributed by atoms with E-state index in [1.807, 2.05) is 19.9 Å². The van der Waals surface area contributed by atoms with Crippen LogP contribution in [0.5, 0.6) is 17.2 Å². The number of hydrogen-bond acceptors (Lipinski definition) is 7. The van der Waals surface area contributed by atoms with Crippen molar-refractivity contribution in [2.45, 2.75) is 26.3 Å². The number of methoxy groups -OCH3 is 2. The quantitative estimate of drug-likeness (QED) is 0.331. The van der Waals surface area contributed by atoms with Crippen LogP contribution in [0.25, 0.3) is 5.76 Å². The fourth-order valence-corrected chi connectivity index (χ4v) is 4.37. The number of rotatable bonds is 9. The number of benzene rings is 2. The van der Waals surface area contributed by atoms with Crippen LogP contribution < -0.4 is 14.2 Å². The summed E-state index contributed by atoms with van der Waals surface area (Å²) in [4.78, 5) is 27.7. The van der Waals surface area contributed by atoms with Crippen molar-refractivity contribution in [2.75, 3.05) is 40.6 Å². The van der Waals surface area contributed by atoms with Gasteiger partial charge in [-0.05, 0) is 47.4 Å². The summed E-state index contributed by atoms with van der Waals surface area (Å²) in [6.07, 6.45) is 0.719. The van der Waals surface area contributed by atoms with Gasteiger partial charge in [0.2, 0.25) is 0 Å². The second-order valence-electron chi connectivity index (χ2n) is 9.02. The molecule has 8 nitrogen and oxygen atoms in total. The van der Waals surface area contributed by atoms with Crippen molar-refractivity contribution in [2.24, 2.45) is 5.92 Å². The molecule has 0 aromatic heterocycles. The first-order valence-electron chi connectivity index (χ1n) is 11.7. The lowest BCUT2D eigenvalue weighted by Crippen LogP contribution is -2.32. The molecule has 2 aromatic carbocycles. The maximum absolute atomic E-state index is 13.2. The number of carbonyl (C=O) groups excluding carboxylic acids is 2. The molecule has 2 heterocycles. The molecule has 186 valence electrons. The van der Waals surface area contributed by atoms with Crippen LogP contribution >= 0.6 is 0 Å². The standard InChI is InChI=1S/C27H31NO7/c1-16(2)15-35-22-14-18(5-8-21(22)33-4)24-23(26(30)27(31)28(24)10-12-32-3)25(29)19-6-7-20-17(13-19)9-11-34-20/h5-8,13-14,16,24,29H,9-12,15H2,1-4H3/b25-23+. The fraction of sp³-hybridized carbons (Fsp3) is 0.407. The van der Waals surface area contributed by atoms with Crippen molar-refractivity contribution in [3.8, 4) is 17.2 Å². The average Bonchev–Trinajstić information content (AvgIpc) is 3.42. The van der Waals surface area contributed by atoms with Gasteiger partial charge in [-0.3, -0.25) is 9.59 Å². The molecule has 0 aliphatic carbocycles. The number of carbonyl (C=O) groups is 2. The number of ether oxygens (including phenoxy) is 4. The molecule has 0 bridgehead atoms. The van der Waals surface area contributed by atoms with Gasteiger partial charge in [-0.25, -0.2) is 0 Å². The van der Waals surface area contributed by atoms with Gasteiger partial charge in [0.05, 0.1) is 38.5 Å². The lowest BCUT2D eigenvalue weighted by atomic mass is 9.94. The number of likely N-dealkylation sites (tertiary alicyclic amines) is 1. The van der Waals surface area contributed by atoms with Gasteiger partial charge < -0.3 is 29.0 Å². The predicted molar refractivity (Wildman–Crippen MR) is 130 cm³/mol. The van der Waals surface area contributed by atoms with E-state index < -0.39 is 17.7 Å². The zero-order valence-electron chi connectivity index (χ0n) is 20.5. The smallest absolute Gasteiger partial charge is 0.295 e. The molecule has 1 fully saturated rings. The lowest BCUT2D eigenvalue weighted by Gasteiger charge is -2.26. The molecule has 2 aliphatic heterocycles. The highest BCUT2D eigenvalue weighted by molar-refractivity contribution is 6.46. The van der Waals surface area contributed by atoms with Crippen LogP contribution in [0, 0.1) is 5.92 Å². The Labute approximate surface area is 205 Å². The van der Waals surface area contributed by atoms with Crippen molar-refractivity contribution >= 4 is 17.4 Å². The van der Waals surface area contributed by atoms with E-state index in [2.05, 4.69) is 0 Å². The van der Waals surface area contributed by atoms with Gasteiger partial charge in [0.1, 0.15) is 11.5 Å². The monoisotopic (exact) mass is 481 g/mol. The summed E-state index contributed by atoms with van der Waals surface area (Å²) >= 11 is 0. The topological polar surface area (TPSA) is 94.5 Å². The predicted octanol–water partition coefficient (Wildman–Crippen LogP) is 3.73. The van der Waals surface area contributed by atoms with E-state index in [4.69, 9.17) is 18.9 Å². The first kappa shape index (κ1) is 24.6. The van der Waals surface area contributed by atoms with E-state index in [9.17, 15) is 14.7 Å². The number of Topliss-reactive ketones (excluding diaryl/α,β-unsaturated/α-hetero) is 1. The van der Waals surface area contributed by atoms with Gasteiger partial charge in [0.15, 0.2) is 11.5 Å². The largest absolute Gasteiger partial charge is 0.507 e. The summed E-state index contributed by atoms with van der Waals surface area (Å²) in [6.45, 7) is 5.56. The van der Waals surface area contributed by atoms with Gasteiger partial charge >= 0.3 is 0 Å². The molecular formula is C27H31NO7. The maximum Gasteiger partial charge on any atom is 0.295 e. The van der Waals surface area contributed by atoms with Gasteiger partial charge in [0.25, 0.3) is 11.7 Å². The second kappa shape index (κ2) is 10.4. The molecule has 1 atom stereocenters. The second-order valence-corrected chi connectivity index (χ2v) is 9.02. The highest BCUT2D eigenvalue weighted by Gasteiger charge is 2.46. The summed E-state index contributed by atoms with van der Waals surface area (Å²) in [5.74, 6) is 0.468. The van der Waals surface area contributed by atoms with Crippen molar-refractivity contribution < 1.29 is 33.6 Å². The molecular weight excluding hydrogens is 450 g/mol. The summed E-state index contributed by atoms with van der Waals surface area (Å²) < 4.78 is 22.2. The molecule has 2 aromatic rings. The summed E-state index contributed by atoms with van der Waals surface area (Å²) in [5, 5.41) is 11.3. The van der Waals surface area contributed by atoms with E-state index in [1.54, 1.807) is 37.4 Å². The van der Waals surface area contributed by atoms with Crippen molar-refractivity contribution in [1.82, 2.24) is 4.90 Å². The molecule has 35 heavy (non-hydrogen) atoms. The Bertz CT molecular complexity index is 1150. The Balaban J connectivity index is 1.83. The first-order chi connectivity index (χ1) is 16.8.